The van der Waals surface area contributed by atoms with Crippen molar-refractivity contribution >= 4 is 16.9 Å². The third-order valence-electron chi connectivity index (χ3n) is 3.47. The van der Waals surface area contributed by atoms with E-state index < -0.39 is 0 Å². The molecule has 2 heterocycles. The van der Waals surface area contributed by atoms with E-state index in [4.69, 9.17) is 9.73 Å². The van der Waals surface area contributed by atoms with Crippen molar-refractivity contribution in [2.45, 2.75) is 57.7 Å². The molecule has 2 fully saturated rings. The number of aliphatic imine (C=N–C) groups is 1. The van der Waals surface area contributed by atoms with Crippen molar-refractivity contribution in [3.8, 4) is 0 Å². The molecule has 92 valence electrons. The van der Waals surface area contributed by atoms with E-state index in [1.54, 1.807) is 0 Å². The van der Waals surface area contributed by atoms with Crippen LogP contribution in [0.1, 0.15) is 40.0 Å². The number of amidine groups is 1. The fourth-order valence-electron chi connectivity index (χ4n) is 2.08. The van der Waals surface area contributed by atoms with Gasteiger partial charge >= 0.3 is 0 Å². The summed E-state index contributed by atoms with van der Waals surface area (Å²) in [6.45, 7) is 7.50. The summed E-state index contributed by atoms with van der Waals surface area (Å²) < 4.78 is 5.54. The number of hydrogen-bond donors (Lipinski definition) is 1. The maximum Gasteiger partial charge on any atom is 0.157 e. The van der Waals surface area contributed by atoms with E-state index in [-0.39, 0.29) is 5.54 Å². The number of nitrogens with zero attached hydrogens (tertiary/aromatic N) is 1. The zero-order chi connectivity index (χ0) is 11.6. The van der Waals surface area contributed by atoms with Gasteiger partial charge in [-0.1, -0.05) is 18.7 Å². The second kappa shape index (κ2) is 4.96. The first-order valence-electron chi connectivity index (χ1n) is 6.22. The van der Waals surface area contributed by atoms with Gasteiger partial charge in [-0.3, -0.25) is 4.99 Å². The lowest BCUT2D eigenvalue weighted by Crippen LogP contribution is -2.40. The molecule has 2 aliphatic heterocycles. The van der Waals surface area contributed by atoms with E-state index in [1.807, 2.05) is 11.8 Å². The van der Waals surface area contributed by atoms with Gasteiger partial charge in [0.25, 0.3) is 0 Å². The van der Waals surface area contributed by atoms with Gasteiger partial charge in [-0.05, 0) is 33.1 Å². The smallest absolute Gasteiger partial charge is 0.157 e. The molecule has 16 heavy (non-hydrogen) atoms. The SMILES string of the molecule is CCC1(C)CSC(=NC2CCOC(C)C2)N1. The molecule has 0 amide bonds. The minimum Gasteiger partial charge on any atom is -0.378 e. The molecular formula is C12H22N2OS. The van der Waals surface area contributed by atoms with Crippen molar-refractivity contribution < 1.29 is 4.74 Å². The summed E-state index contributed by atoms with van der Waals surface area (Å²) in [4.78, 5) is 4.82. The molecule has 3 atom stereocenters. The predicted molar refractivity (Wildman–Crippen MR) is 70.2 cm³/mol. The minimum atomic E-state index is 0.250. The molecule has 0 spiro atoms. The van der Waals surface area contributed by atoms with Crippen LogP contribution in [-0.4, -0.2) is 35.2 Å². The summed E-state index contributed by atoms with van der Waals surface area (Å²) in [5.74, 6) is 1.14. The lowest BCUT2D eigenvalue weighted by molar-refractivity contribution is 0.0204. The zero-order valence-corrected chi connectivity index (χ0v) is 11.3. The molecule has 0 aromatic heterocycles. The third-order valence-corrected chi connectivity index (χ3v) is 4.74. The predicted octanol–water partition coefficient (Wildman–Crippen LogP) is 2.42. The van der Waals surface area contributed by atoms with Crippen LogP contribution in [0.2, 0.25) is 0 Å². The summed E-state index contributed by atoms with van der Waals surface area (Å²) >= 11 is 1.87. The van der Waals surface area contributed by atoms with Crippen molar-refractivity contribution in [3.05, 3.63) is 0 Å². The molecule has 0 bridgehead atoms. The quantitative estimate of drug-likeness (QED) is 0.807. The van der Waals surface area contributed by atoms with Crippen LogP contribution in [0.5, 0.6) is 0 Å². The van der Waals surface area contributed by atoms with Gasteiger partial charge < -0.3 is 10.1 Å². The molecule has 2 rings (SSSR count). The van der Waals surface area contributed by atoms with Gasteiger partial charge in [0.05, 0.1) is 12.1 Å². The first-order valence-corrected chi connectivity index (χ1v) is 7.20. The van der Waals surface area contributed by atoms with E-state index >= 15 is 0 Å². The maximum atomic E-state index is 5.54. The molecule has 4 heteroatoms. The number of hydrogen-bond acceptors (Lipinski definition) is 3. The summed E-state index contributed by atoms with van der Waals surface area (Å²) in [7, 11) is 0. The van der Waals surface area contributed by atoms with Crippen molar-refractivity contribution in [1.82, 2.24) is 5.32 Å². The number of nitrogens with one attached hydrogen (secondary N) is 1. The first-order chi connectivity index (χ1) is 7.61. The van der Waals surface area contributed by atoms with Gasteiger partial charge in [0.15, 0.2) is 5.17 Å². The van der Waals surface area contributed by atoms with Crippen LogP contribution in [0, 0.1) is 0 Å². The average Bonchev–Trinajstić information content (AvgIpc) is 2.61. The Kier molecular flexibility index (Phi) is 3.80. The largest absolute Gasteiger partial charge is 0.378 e. The van der Waals surface area contributed by atoms with Crippen molar-refractivity contribution in [3.63, 3.8) is 0 Å². The third kappa shape index (κ3) is 2.92. The molecule has 1 N–H and O–H groups in total. The number of rotatable bonds is 2. The second-order valence-electron chi connectivity index (χ2n) is 5.12. The highest BCUT2D eigenvalue weighted by atomic mass is 32.2. The molecule has 2 saturated heterocycles. The standard InChI is InChI=1S/C12H22N2OS/c1-4-12(3)8-16-11(14-12)13-10-5-6-15-9(2)7-10/h9-10H,4-8H2,1-3H3,(H,13,14). The monoisotopic (exact) mass is 242 g/mol. The summed E-state index contributed by atoms with van der Waals surface area (Å²) in [6, 6.07) is 0.456. The van der Waals surface area contributed by atoms with Crippen LogP contribution in [-0.2, 0) is 4.74 Å². The van der Waals surface area contributed by atoms with Crippen molar-refractivity contribution in [2.75, 3.05) is 12.4 Å². The van der Waals surface area contributed by atoms with Gasteiger partial charge in [-0.2, -0.15) is 0 Å². The van der Waals surface area contributed by atoms with E-state index in [0.29, 0.717) is 12.1 Å². The topological polar surface area (TPSA) is 33.6 Å². The summed E-state index contributed by atoms with van der Waals surface area (Å²) in [6.07, 6.45) is 3.66. The second-order valence-corrected chi connectivity index (χ2v) is 6.09. The molecule has 0 radical (unpaired) electrons. The van der Waals surface area contributed by atoms with E-state index in [1.165, 1.54) is 0 Å². The molecular weight excluding hydrogens is 220 g/mol. The highest BCUT2D eigenvalue weighted by molar-refractivity contribution is 8.14. The lowest BCUT2D eigenvalue weighted by atomic mass is 10.0. The van der Waals surface area contributed by atoms with E-state index in [0.717, 1.165) is 36.8 Å². The Morgan fingerprint density at radius 3 is 3.06 bits per heavy atom. The Labute approximate surface area is 102 Å². The molecule has 0 aliphatic carbocycles. The lowest BCUT2D eigenvalue weighted by Gasteiger charge is -2.25. The van der Waals surface area contributed by atoms with Crippen LogP contribution in [0.15, 0.2) is 4.99 Å². The Hall–Kier alpha value is -0.220. The highest BCUT2D eigenvalue weighted by Crippen LogP contribution is 2.27. The fourth-order valence-corrected chi connectivity index (χ4v) is 3.35. The summed E-state index contributed by atoms with van der Waals surface area (Å²) in [5, 5.41) is 4.69. The van der Waals surface area contributed by atoms with E-state index in [9.17, 15) is 0 Å². The number of thioether (sulfide) groups is 1. The number of ether oxygens (including phenoxy) is 1. The van der Waals surface area contributed by atoms with Crippen LogP contribution in [0.25, 0.3) is 0 Å². The van der Waals surface area contributed by atoms with Gasteiger partial charge in [-0.25, -0.2) is 0 Å². The highest BCUT2D eigenvalue weighted by Gasteiger charge is 2.31. The summed E-state index contributed by atoms with van der Waals surface area (Å²) in [5.41, 5.74) is 0.250. The fraction of sp³-hybridized carbons (Fsp3) is 0.917. The Balaban J connectivity index is 1.93. The molecule has 0 saturated carbocycles. The van der Waals surface area contributed by atoms with Gasteiger partial charge in [0.1, 0.15) is 0 Å². The molecule has 2 aliphatic rings. The van der Waals surface area contributed by atoms with Crippen molar-refractivity contribution in [2.24, 2.45) is 4.99 Å². The Morgan fingerprint density at radius 2 is 2.44 bits per heavy atom. The van der Waals surface area contributed by atoms with Gasteiger partial charge in [0, 0.05) is 17.9 Å². The molecule has 3 nitrogen and oxygen atoms in total. The maximum absolute atomic E-state index is 5.54. The van der Waals surface area contributed by atoms with Gasteiger partial charge in [-0.15, -0.1) is 0 Å². The molecule has 0 aromatic carbocycles. The first kappa shape index (κ1) is 12.2. The average molecular weight is 242 g/mol. The molecule has 0 aromatic rings. The van der Waals surface area contributed by atoms with Crippen LogP contribution in [0.4, 0.5) is 0 Å². The van der Waals surface area contributed by atoms with Gasteiger partial charge in [0.2, 0.25) is 0 Å². The van der Waals surface area contributed by atoms with E-state index in [2.05, 4.69) is 26.1 Å². The molecule has 3 unspecified atom stereocenters. The normalized spacial score (nSPS) is 42.3. The Bertz CT molecular complexity index is 282. The van der Waals surface area contributed by atoms with Crippen molar-refractivity contribution in [1.29, 1.82) is 0 Å². The minimum absolute atomic E-state index is 0.250. The zero-order valence-electron chi connectivity index (χ0n) is 10.5. The van der Waals surface area contributed by atoms with Crippen LogP contribution < -0.4 is 5.32 Å². The Morgan fingerprint density at radius 1 is 1.62 bits per heavy atom. The van der Waals surface area contributed by atoms with Crippen LogP contribution in [0.3, 0.4) is 0 Å². The van der Waals surface area contributed by atoms with Crippen LogP contribution >= 0.6 is 11.8 Å².